The summed E-state index contributed by atoms with van der Waals surface area (Å²) in [5, 5.41) is 9.16. The van der Waals surface area contributed by atoms with Gasteiger partial charge in [-0.2, -0.15) is 0 Å². The minimum absolute atomic E-state index is 0.00763. The van der Waals surface area contributed by atoms with Crippen LogP contribution in [0, 0.1) is 0 Å². The van der Waals surface area contributed by atoms with Gasteiger partial charge in [0.1, 0.15) is 11.6 Å². The second-order valence-electron chi connectivity index (χ2n) is 7.44. The van der Waals surface area contributed by atoms with Crippen molar-refractivity contribution >= 4 is 29.2 Å². The average molecular weight is 448 g/mol. The van der Waals surface area contributed by atoms with E-state index in [1.54, 1.807) is 13.0 Å². The smallest absolute Gasteiger partial charge is 0.330 e. The van der Waals surface area contributed by atoms with E-state index in [1.807, 2.05) is 11.5 Å². The maximum atomic E-state index is 13.0. The number of thioether (sulfide) groups is 1. The van der Waals surface area contributed by atoms with Gasteiger partial charge >= 0.3 is 5.69 Å². The Bertz CT molecular complexity index is 1070. The molecule has 1 amide bonds. The Morgan fingerprint density at radius 1 is 1.32 bits per heavy atom. The summed E-state index contributed by atoms with van der Waals surface area (Å²) in [6, 6.07) is 0. The molecule has 0 saturated heterocycles. The lowest BCUT2D eigenvalue weighted by Crippen LogP contribution is -2.41. The molecule has 1 aliphatic rings. The molecule has 0 unspecified atom stereocenters. The van der Waals surface area contributed by atoms with Crippen LogP contribution >= 0.6 is 11.8 Å². The number of nitrogens with two attached hydrogens (primary N) is 1. The quantitative estimate of drug-likeness (QED) is 0.396. The van der Waals surface area contributed by atoms with Crippen LogP contribution < -0.4 is 21.9 Å². The summed E-state index contributed by atoms with van der Waals surface area (Å²) in [5.74, 6) is 1.11. The van der Waals surface area contributed by atoms with Gasteiger partial charge in [0.05, 0.1) is 5.75 Å². The fourth-order valence-electron chi connectivity index (χ4n) is 3.39. The highest BCUT2D eigenvalue weighted by Crippen LogP contribution is 2.40. The van der Waals surface area contributed by atoms with Crippen LogP contribution in [0.2, 0.25) is 0 Å². The number of hydrogen-bond acceptors (Lipinski definition) is 7. The molecular weight excluding hydrogens is 418 g/mol. The van der Waals surface area contributed by atoms with E-state index in [9.17, 15) is 14.4 Å². The number of anilines is 2. The maximum Gasteiger partial charge on any atom is 0.330 e. The first kappa shape index (κ1) is 22.9. The van der Waals surface area contributed by atoms with Gasteiger partial charge in [0.2, 0.25) is 5.91 Å². The molecule has 1 fully saturated rings. The fraction of sp³-hybridized carbons (Fsp3) is 0.550. The summed E-state index contributed by atoms with van der Waals surface area (Å²) in [7, 11) is 0. The number of aromatic amines is 1. The number of allylic oxidation sites excluding steroid dienone is 1. The summed E-state index contributed by atoms with van der Waals surface area (Å²) in [6.07, 6.45) is 5.56. The van der Waals surface area contributed by atoms with Crippen molar-refractivity contribution in [3.63, 3.8) is 0 Å². The third-order valence-electron chi connectivity index (χ3n) is 5.16. The molecule has 1 saturated carbocycles. The number of unbranched alkanes of at least 4 members (excludes halogenated alkanes) is 1. The van der Waals surface area contributed by atoms with Crippen molar-refractivity contribution in [2.45, 2.75) is 63.7 Å². The lowest BCUT2D eigenvalue weighted by atomic mass is 10.3. The number of amides is 1. The number of hydrogen-bond donors (Lipinski definition) is 2. The van der Waals surface area contributed by atoms with Crippen molar-refractivity contribution in [1.82, 2.24) is 24.3 Å². The number of rotatable bonds is 11. The van der Waals surface area contributed by atoms with E-state index in [0.29, 0.717) is 24.2 Å². The van der Waals surface area contributed by atoms with Gasteiger partial charge in [-0.1, -0.05) is 31.2 Å². The summed E-state index contributed by atoms with van der Waals surface area (Å²) >= 11 is 1.26. The highest BCUT2D eigenvalue weighted by Gasteiger charge is 2.30. The number of carbonyl (C=O) groups is 1. The van der Waals surface area contributed by atoms with Crippen molar-refractivity contribution in [1.29, 1.82) is 0 Å². The van der Waals surface area contributed by atoms with Crippen molar-refractivity contribution < 1.29 is 4.79 Å². The minimum atomic E-state index is -0.665. The molecule has 2 aromatic rings. The van der Waals surface area contributed by atoms with E-state index in [1.165, 1.54) is 21.2 Å². The Kier molecular flexibility index (Phi) is 7.37. The molecule has 0 aliphatic heterocycles. The Labute approximate surface area is 184 Å². The van der Waals surface area contributed by atoms with Gasteiger partial charge in [0.15, 0.2) is 10.8 Å². The van der Waals surface area contributed by atoms with Crippen molar-refractivity contribution in [3.05, 3.63) is 39.3 Å². The summed E-state index contributed by atoms with van der Waals surface area (Å²) < 4.78 is 3.29. The van der Waals surface area contributed by atoms with Crippen molar-refractivity contribution in [2.75, 3.05) is 22.9 Å². The van der Waals surface area contributed by atoms with Crippen LogP contribution in [0.25, 0.3) is 0 Å². The lowest BCUT2D eigenvalue weighted by Gasteiger charge is -2.23. The van der Waals surface area contributed by atoms with E-state index in [2.05, 4.69) is 21.8 Å². The van der Waals surface area contributed by atoms with Gasteiger partial charge in [0, 0.05) is 25.6 Å². The molecule has 3 rings (SSSR count). The Morgan fingerprint density at radius 3 is 2.68 bits per heavy atom. The zero-order chi connectivity index (χ0) is 22.5. The van der Waals surface area contributed by atoms with Crippen molar-refractivity contribution in [3.8, 4) is 0 Å². The van der Waals surface area contributed by atoms with Crippen LogP contribution in [-0.4, -0.2) is 42.5 Å². The normalized spacial score (nSPS) is 13.4. The fourth-order valence-corrected chi connectivity index (χ4v) is 4.22. The van der Waals surface area contributed by atoms with Crippen LogP contribution in [0.3, 0.4) is 0 Å². The lowest BCUT2D eigenvalue weighted by molar-refractivity contribution is -0.116. The van der Waals surface area contributed by atoms with E-state index < -0.39 is 11.2 Å². The third-order valence-corrected chi connectivity index (χ3v) is 6.11. The van der Waals surface area contributed by atoms with Crippen LogP contribution in [-0.2, 0) is 17.9 Å². The van der Waals surface area contributed by atoms with Crippen molar-refractivity contribution in [2.24, 2.45) is 0 Å². The monoisotopic (exact) mass is 447 g/mol. The molecule has 0 atom stereocenters. The standard InChI is InChI=1S/C20H29N7O3S/c1-4-7-11-26-16(21)15(18(29)22-19(26)30)25(6-3)14(28)12-31-20-24-23-17(13-8-9-13)27(20)10-5-2/h5,13H,2,4,6-12,21H2,1,3H3,(H,22,29,30). The molecule has 3 N–H and O–H groups in total. The molecule has 0 radical (unpaired) electrons. The van der Waals surface area contributed by atoms with Gasteiger partial charge in [-0.15, -0.1) is 16.8 Å². The second kappa shape index (κ2) is 9.99. The minimum Gasteiger partial charge on any atom is -0.383 e. The molecule has 2 aromatic heterocycles. The number of nitrogens with one attached hydrogen (secondary N) is 1. The molecule has 1 aliphatic carbocycles. The van der Waals surface area contributed by atoms with Gasteiger partial charge in [-0.05, 0) is 26.2 Å². The highest BCUT2D eigenvalue weighted by molar-refractivity contribution is 7.99. The molecule has 11 heteroatoms. The second-order valence-corrected chi connectivity index (χ2v) is 8.38. The van der Waals surface area contributed by atoms with E-state index in [4.69, 9.17) is 5.73 Å². The van der Waals surface area contributed by atoms with Gasteiger partial charge in [0.25, 0.3) is 5.56 Å². The first-order valence-corrected chi connectivity index (χ1v) is 11.5. The zero-order valence-electron chi connectivity index (χ0n) is 18.0. The molecule has 0 bridgehead atoms. The largest absolute Gasteiger partial charge is 0.383 e. The topological polar surface area (TPSA) is 132 Å². The van der Waals surface area contributed by atoms with Crippen LogP contribution in [0.15, 0.2) is 27.4 Å². The molecular formula is C20H29N7O3S. The first-order valence-electron chi connectivity index (χ1n) is 10.5. The molecule has 10 nitrogen and oxygen atoms in total. The average Bonchev–Trinajstić information content (AvgIpc) is 3.51. The van der Waals surface area contributed by atoms with E-state index >= 15 is 0 Å². The SMILES string of the molecule is C=CCn1c(SCC(=O)N(CC)c2c(N)n(CCCC)c(=O)[nH]c2=O)nnc1C1CC1. The molecule has 0 aromatic carbocycles. The van der Waals surface area contributed by atoms with Gasteiger partial charge in [-0.3, -0.25) is 19.1 Å². The summed E-state index contributed by atoms with van der Waals surface area (Å²) in [4.78, 5) is 41.3. The van der Waals surface area contributed by atoms with Crippen LogP contribution in [0.5, 0.6) is 0 Å². The number of aromatic nitrogens is 5. The number of H-pyrrole nitrogens is 1. The summed E-state index contributed by atoms with van der Waals surface area (Å²) in [5.41, 5.74) is 4.94. The Morgan fingerprint density at radius 2 is 2.06 bits per heavy atom. The predicted molar refractivity (Wildman–Crippen MR) is 122 cm³/mol. The predicted octanol–water partition coefficient (Wildman–Crippen LogP) is 1.72. The first-order chi connectivity index (χ1) is 14.9. The highest BCUT2D eigenvalue weighted by atomic mass is 32.2. The molecule has 2 heterocycles. The number of nitrogens with zero attached hydrogens (tertiary/aromatic N) is 5. The molecule has 168 valence electrons. The number of nitrogen functional groups attached to an aromatic ring is 1. The summed E-state index contributed by atoms with van der Waals surface area (Å²) in [6.45, 7) is 8.73. The van der Waals surface area contributed by atoms with E-state index in [0.717, 1.165) is 31.5 Å². The molecule has 31 heavy (non-hydrogen) atoms. The van der Waals surface area contributed by atoms with Gasteiger partial charge < -0.3 is 15.2 Å². The molecule has 0 spiro atoms. The Balaban J connectivity index is 1.82. The third kappa shape index (κ3) is 4.92. The maximum absolute atomic E-state index is 13.0. The number of carbonyl (C=O) groups excluding carboxylic acids is 1. The van der Waals surface area contributed by atoms with E-state index in [-0.39, 0.29) is 29.7 Å². The zero-order valence-corrected chi connectivity index (χ0v) is 18.8. The van der Waals surface area contributed by atoms with Crippen LogP contribution in [0.1, 0.15) is 51.3 Å². The van der Waals surface area contributed by atoms with Gasteiger partial charge in [-0.25, -0.2) is 4.79 Å². The van der Waals surface area contributed by atoms with Crippen LogP contribution in [0.4, 0.5) is 11.5 Å². The Hall–Kier alpha value is -2.82.